The first-order valence-electron chi connectivity index (χ1n) is 5.28. The van der Waals surface area contributed by atoms with Gasteiger partial charge in [0.15, 0.2) is 0 Å². The normalized spacial score (nSPS) is 10.2. The Labute approximate surface area is 126 Å². The molecule has 6 nitrogen and oxygen atoms in total. The number of aromatic carboxylic acids is 1. The number of rotatable bonds is 4. The van der Waals surface area contributed by atoms with E-state index in [1.807, 2.05) is 0 Å². The Morgan fingerprint density at radius 2 is 1.95 bits per heavy atom. The minimum atomic E-state index is -1.02. The first-order chi connectivity index (χ1) is 9.49. The predicted molar refractivity (Wildman–Crippen MR) is 76.1 cm³/mol. The van der Waals surface area contributed by atoms with Crippen molar-refractivity contribution in [1.29, 1.82) is 0 Å². The van der Waals surface area contributed by atoms with Crippen molar-refractivity contribution in [1.82, 2.24) is 4.98 Å². The Bertz CT molecular complexity index is 676. The van der Waals surface area contributed by atoms with Gasteiger partial charge in [0.1, 0.15) is 11.1 Å². The number of nitrogens with zero attached hydrogens (tertiary/aromatic N) is 2. The molecule has 0 unspecified atom stereocenters. The van der Waals surface area contributed by atoms with Crippen molar-refractivity contribution in [3.63, 3.8) is 0 Å². The second-order valence-corrected chi connectivity index (χ2v) is 5.60. The second-order valence-electron chi connectivity index (χ2n) is 3.66. The van der Waals surface area contributed by atoms with E-state index in [4.69, 9.17) is 5.11 Å². The van der Waals surface area contributed by atoms with E-state index in [0.29, 0.717) is 14.3 Å². The summed E-state index contributed by atoms with van der Waals surface area (Å²) in [6, 6.07) is 6.10. The SMILES string of the molecule is O=C(O)c1ccc(Sc2c(Br)cncc2[N+](=O)[O-])cc1. The third kappa shape index (κ3) is 3.14. The summed E-state index contributed by atoms with van der Waals surface area (Å²) in [5, 5.41) is 19.8. The summed E-state index contributed by atoms with van der Waals surface area (Å²) in [7, 11) is 0. The van der Waals surface area contributed by atoms with Crippen LogP contribution in [0.25, 0.3) is 0 Å². The number of carboxylic acids is 1. The fraction of sp³-hybridized carbons (Fsp3) is 0. The Balaban J connectivity index is 2.34. The van der Waals surface area contributed by atoms with Crippen molar-refractivity contribution in [2.45, 2.75) is 9.79 Å². The van der Waals surface area contributed by atoms with Gasteiger partial charge in [0, 0.05) is 11.1 Å². The lowest BCUT2D eigenvalue weighted by molar-refractivity contribution is -0.388. The van der Waals surface area contributed by atoms with E-state index in [9.17, 15) is 14.9 Å². The van der Waals surface area contributed by atoms with Crippen LogP contribution in [0.3, 0.4) is 0 Å². The lowest BCUT2D eigenvalue weighted by Crippen LogP contribution is -1.95. The molecule has 0 aliphatic carbocycles. The molecule has 1 N–H and O–H groups in total. The fourth-order valence-electron chi connectivity index (χ4n) is 1.43. The van der Waals surface area contributed by atoms with Crippen molar-refractivity contribution in [2.75, 3.05) is 0 Å². The second kappa shape index (κ2) is 6.02. The standard InChI is InChI=1S/C12H7BrN2O4S/c13-9-5-14-6-10(15(18)19)11(9)20-8-3-1-7(2-4-8)12(16)17/h1-6H,(H,16,17). The number of carbonyl (C=O) groups is 1. The van der Waals surface area contributed by atoms with Crippen molar-refractivity contribution in [2.24, 2.45) is 0 Å². The minimum absolute atomic E-state index is 0.105. The smallest absolute Gasteiger partial charge is 0.335 e. The van der Waals surface area contributed by atoms with Crippen molar-refractivity contribution < 1.29 is 14.8 Å². The highest BCUT2D eigenvalue weighted by molar-refractivity contribution is 9.10. The van der Waals surface area contributed by atoms with E-state index >= 15 is 0 Å². The molecule has 0 atom stereocenters. The minimum Gasteiger partial charge on any atom is -0.478 e. The van der Waals surface area contributed by atoms with Crippen LogP contribution >= 0.6 is 27.7 Å². The number of benzene rings is 1. The highest BCUT2D eigenvalue weighted by atomic mass is 79.9. The van der Waals surface area contributed by atoms with Crippen LogP contribution in [0.5, 0.6) is 0 Å². The molecule has 2 aromatic rings. The van der Waals surface area contributed by atoms with Gasteiger partial charge in [0.2, 0.25) is 0 Å². The molecule has 0 aliphatic heterocycles. The molecule has 0 aliphatic rings. The Morgan fingerprint density at radius 1 is 1.30 bits per heavy atom. The van der Waals surface area contributed by atoms with Crippen LogP contribution < -0.4 is 0 Å². The summed E-state index contributed by atoms with van der Waals surface area (Å²) in [5.74, 6) is -1.02. The third-order valence-electron chi connectivity index (χ3n) is 2.35. The molecule has 0 saturated carbocycles. The molecular formula is C12H7BrN2O4S. The molecule has 1 heterocycles. The molecule has 0 spiro atoms. The summed E-state index contributed by atoms with van der Waals surface area (Å²) >= 11 is 4.40. The van der Waals surface area contributed by atoms with Crippen molar-refractivity contribution in [3.8, 4) is 0 Å². The number of aromatic nitrogens is 1. The van der Waals surface area contributed by atoms with Crippen LogP contribution in [-0.4, -0.2) is 21.0 Å². The first kappa shape index (κ1) is 14.5. The van der Waals surface area contributed by atoms with E-state index in [0.717, 1.165) is 0 Å². The summed E-state index contributed by atoms with van der Waals surface area (Å²) < 4.78 is 0.513. The largest absolute Gasteiger partial charge is 0.478 e. The number of nitro groups is 1. The summed E-state index contributed by atoms with van der Waals surface area (Å²) in [6.45, 7) is 0. The number of pyridine rings is 1. The summed E-state index contributed by atoms with van der Waals surface area (Å²) in [4.78, 5) is 26.1. The predicted octanol–water partition coefficient (Wildman–Crippen LogP) is 3.60. The number of hydrogen-bond donors (Lipinski definition) is 1. The van der Waals surface area contributed by atoms with Gasteiger partial charge in [-0.2, -0.15) is 0 Å². The molecule has 0 saturated heterocycles. The van der Waals surface area contributed by atoms with E-state index < -0.39 is 10.9 Å². The van der Waals surface area contributed by atoms with Crippen LogP contribution in [0.2, 0.25) is 0 Å². The molecule has 0 amide bonds. The third-order valence-corrected chi connectivity index (χ3v) is 4.36. The molecule has 20 heavy (non-hydrogen) atoms. The van der Waals surface area contributed by atoms with Gasteiger partial charge < -0.3 is 5.11 Å². The van der Waals surface area contributed by atoms with Gasteiger partial charge >= 0.3 is 11.7 Å². The lowest BCUT2D eigenvalue weighted by atomic mass is 10.2. The zero-order valence-electron chi connectivity index (χ0n) is 9.82. The van der Waals surface area contributed by atoms with E-state index in [1.165, 1.54) is 36.3 Å². The molecule has 0 bridgehead atoms. The maximum Gasteiger partial charge on any atom is 0.335 e. The summed E-state index contributed by atoms with van der Waals surface area (Å²) in [6.07, 6.45) is 2.65. The molecular weight excluding hydrogens is 348 g/mol. The molecule has 8 heteroatoms. The number of halogens is 1. The van der Waals surface area contributed by atoms with Crippen molar-refractivity contribution >= 4 is 39.3 Å². The molecule has 0 radical (unpaired) electrons. The van der Waals surface area contributed by atoms with Crippen LogP contribution in [0.15, 0.2) is 50.9 Å². The van der Waals surface area contributed by atoms with Gasteiger partial charge in [0.25, 0.3) is 0 Å². The first-order valence-corrected chi connectivity index (χ1v) is 6.89. The van der Waals surface area contributed by atoms with Gasteiger partial charge in [-0.25, -0.2) is 4.79 Å². The van der Waals surface area contributed by atoms with Crippen LogP contribution in [0.1, 0.15) is 10.4 Å². The molecule has 1 aromatic heterocycles. The number of hydrogen-bond acceptors (Lipinski definition) is 5. The van der Waals surface area contributed by atoms with Crippen LogP contribution in [0, 0.1) is 10.1 Å². The molecule has 1 aromatic carbocycles. The fourth-order valence-corrected chi connectivity index (χ4v) is 2.88. The topological polar surface area (TPSA) is 93.3 Å². The quantitative estimate of drug-likeness (QED) is 0.665. The van der Waals surface area contributed by atoms with Gasteiger partial charge in [-0.3, -0.25) is 15.1 Å². The molecule has 0 fully saturated rings. The highest BCUT2D eigenvalue weighted by Crippen LogP contribution is 2.39. The van der Waals surface area contributed by atoms with Gasteiger partial charge in [-0.05, 0) is 40.2 Å². The Morgan fingerprint density at radius 3 is 2.50 bits per heavy atom. The van der Waals surface area contributed by atoms with E-state index in [-0.39, 0.29) is 11.3 Å². The molecule has 2 rings (SSSR count). The average molecular weight is 355 g/mol. The van der Waals surface area contributed by atoms with E-state index in [1.54, 1.807) is 12.1 Å². The van der Waals surface area contributed by atoms with Gasteiger partial charge in [0.05, 0.1) is 15.0 Å². The Kier molecular flexibility index (Phi) is 4.35. The van der Waals surface area contributed by atoms with Crippen LogP contribution in [0.4, 0.5) is 5.69 Å². The average Bonchev–Trinajstić information content (AvgIpc) is 2.41. The zero-order chi connectivity index (χ0) is 14.7. The van der Waals surface area contributed by atoms with E-state index in [2.05, 4.69) is 20.9 Å². The summed E-state index contributed by atoms with van der Waals surface area (Å²) in [5.41, 5.74) is 0.0596. The zero-order valence-corrected chi connectivity index (χ0v) is 12.2. The maximum atomic E-state index is 11.0. The Hall–Kier alpha value is -1.93. The van der Waals surface area contributed by atoms with Gasteiger partial charge in [-0.1, -0.05) is 11.8 Å². The van der Waals surface area contributed by atoms with Crippen molar-refractivity contribution in [3.05, 3.63) is 56.8 Å². The monoisotopic (exact) mass is 354 g/mol. The lowest BCUT2D eigenvalue weighted by Gasteiger charge is -2.05. The van der Waals surface area contributed by atoms with Crippen LogP contribution in [-0.2, 0) is 0 Å². The highest BCUT2D eigenvalue weighted by Gasteiger charge is 2.18. The molecule has 102 valence electrons. The number of carboxylic acid groups (broad SMARTS) is 1. The maximum absolute atomic E-state index is 11.0. The van der Waals surface area contributed by atoms with Gasteiger partial charge in [-0.15, -0.1) is 0 Å².